The van der Waals surface area contributed by atoms with Crippen LogP contribution in [0.5, 0.6) is 0 Å². The summed E-state index contributed by atoms with van der Waals surface area (Å²) in [6.07, 6.45) is 3.64. The van der Waals surface area contributed by atoms with Gasteiger partial charge in [-0.15, -0.1) is 0 Å². The van der Waals surface area contributed by atoms with E-state index in [-0.39, 0.29) is 0 Å². The summed E-state index contributed by atoms with van der Waals surface area (Å²) in [5.41, 5.74) is 8.95. The molecule has 0 radical (unpaired) electrons. The molecule has 0 aliphatic heterocycles. The smallest absolute Gasteiger partial charge is 0.122 e. The van der Waals surface area contributed by atoms with Crippen LogP contribution >= 0.6 is 0 Å². The summed E-state index contributed by atoms with van der Waals surface area (Å²) >= 11 is 0. The maximum atomic E-state index is 9.09. The monoisotopic (exact) mass is 217 g/mol. The zero-order chi connectivity index (χ0) is 11.9. The summed E-state index contributed by atoms with van der Waals surface area (Å²) in [7, 11) is 0. The van der Waals surface area contributed by atoms with Crippen LogP contribution in [0.25, 0.3) is 0 Å². The number of hydrogen-bond acceptors (Lipinski definition) is 2. The van der Waals surface area contributed by atoms with Crippen LogP contribution in [0.15, 0.2) is 0 Å². The van der Waals surface area contributed by atoms with Gasteiger partial charge in [0.1, 0.15) is 11.9 Å². The van der Waals surface area contributed by atoms with Gasteiger partial charge in [0.15, 0.2) is 0 Å². The van der Waals surface area contributed by atoms with E-state index in [9.17, 15) is 0 Å². The quantitative estimate of drug-likeness (QED) is 0.786. The molecule has 3 nitrogen and oxygen atoms in total. The number of nitrogen functional groups attached to an aromatic ring is 1. The van der Waals surface area contributed by atoms with Crippen molar-refractivity contribution in [2.45, 2.75) is 46.1 Å². The molecule has 2 unspecified atom stereocenters. The normalized spacial score (nSPS) is 24.6. The van der Waals surface area contributed by atoms with Gasteiger partial charge in [-0.05, 0) is 44.6 Å². The average molecular weight is 217 g/mol. The summed E-state index contributed by atoms with van der Waals surface area (Å²) in [6, 6.07) is 2.71. The largest absolute Gasteiger partial charge is 0.384 e. The van der Waals surface area contributed by atoms with Crippen LogP contribution in [0.2, 0.25) is 0 Å². The van der Waals surface area contributed by atoms with E-state index in [0.717, 1.165) is 17.2 Å². The molecule has 0 spiro atoms. The predicted molar refractivity (Wildman–Crippen MR) is 65.1 cm³/mol. The fraction of sp³-hybridized carbons (Fsp3) is 0.615. The van der Waals surface area contributed by atoms with Gasteiger partial charge in [-0.1, -0.05) is 6.92 Å². The summed E-state index contributed by atoms with van der Waals surface area (Å²) in [5.74, 6) is 1.44. The molecular formula is C13H19N3. The van der Waals surface area contributed by atoms with Crippen molar-refractivity contribution in [1.29, 1.82) is 5.26 Å². The first-order valence-electron chi connectivity index (χ1n) is 5.93. The molecule has 0 amide bonds. The molecule has 1 aromatic rings. The third-order valence-electron chi connectivity index (χ3n) is 3.94. The second-order valence-electron chi connectivity index (χ2n) is 5.02. The molecule has 2 rings (SSSR count). The first-order chi connectivity index (χ1) is 7.56. The van der Waals surface area contributed by atoms with Gasteiger partial charge in [0, 0.05) is 11.7 Å². The van der Waals surface area contributed by atoms with Crippen LogP contribution in [-0.4, -0.2) is 4.57 Å². The van der Waals surface area contributed by atoms with Crippen molar-refractivity contribution in [1.82, 2.24) is 4.57 Å². The molecule has 0 saturated heterocycles. The number of nitriles is 1. The van der Waals surface area contributed by atoms with Crippen molar-refractivity contribution in [3.8, 4) is 6.07 Å². The Morgan fingerprint density at radius 3 is 2.50 bits per heavy atom. The van der Waals surface area contributed by atoms with Crippen LogP contribution in [0.3, 0.4) is 0 Å². The minimum absolute atomic E-state index is 0.496. The highest BCUT2D eigenvalue weighted by Crippen LogP contribution is 2.38. The lowest BCUT2D eigenvalue weighted by Gasteiger charge is -2.17. The molecule has 1 aromatic heterocycles. The minimum Gasteiger partial charge on any atom is -0.384 e. The zero-order valence-corrected chi connectivity index (χ0v) is 10.2. The van der Waals surface area contributed by atoms with E-state index < -0.39 is 0 Å². The Morgan fingerprint density at radius 2 is 2.06 bits per heavy atom. The topological polar surface area (TPSA) is 54.7 Å². The van der Waals surface area contributed by atoms with Crippen LogP contribution in [0.1, 0.15) is 49.0 Å². The molecule has 16 heavy (non-hydrogen) atoms. The summed E-state index contributed by atoms with van der Waals surface area (Å²) in [4.78, 5) is 0. The Labute approximate surface area is 96.9 Å². The summed E-state index contributed by atoms with van der Waals surface area (Å²) in [6.45, 7) is 6.34. The van der Waals surface area contributed by atoms with Crippen molar-refractivity contribution < 1.29 is 0 Å². The van der Waals surface area contributed by atoms with Gasteiger partial charge in [0.25, 0.3) is 0 Å². The first kappa shape index (κ1) is 11.1. The summed E-state index contributed by atoms with van der Waals surface area (Å²) in [5, 5.41) is 9.09. The Morgan fingerprint density at radius 1 is 1.38 bits per heavy atom. The van der Waals surface area contributed by atoms with Gasteiger partial charge in [0.2, 0.25) is 0 Å². The van der Waals surface area contributed by atoms with Crippen LogP contribution in [-0.2, 0) is 0 Å². The second kappa shape index (κ2) is 3.86. The van der Waals surface area contributed by atoms with Gasteiger partial charge >= 0.3 is 0 Å². The van der Waals surface area contributed by atoms with Crippen LogP contribution < -0.4 is 5.73 Å². The molecular weight excluding hydrogens is 198 g/mol. The Bertz CT molecular complexity index is 451. The maximum absolute atomic E-state index is 9.09. The summed E-state index contributed by atoms with van der Waals surface area (Å²) < 4.78 is 2.18. The molecule has 1 aliphatic rings. The van der Waals surface area contributed by atoms with Crippen molar-refractivity contribution in [3.63, 3.8) is 0 Å². The van der Waals surface area contributed by atoms with E-state index in [1.807, 2.05) is 6.92 Å². The molecule has 1 aliphatic carbocycles. The lowest BCUT2D eigenvalue weighted by Crippen LogP contribution is -2.10. The number of anilines is 1. The van der Waals surface area contributed by atoms with Crippen LogP contribution in [0.4, 0.5) is 5.82 Å². The van der Waals surface area contributed by atoms with Gasteiger partial charge in [-0.25, -0.2) is 0 Å². The van der Waals surface area contributed by atoms with E-state index in [1.165, 1.54) is 19.3 Å². The molecule has 1 saturated carbocycles. The van der Waals surface area contributed by atoms with E-state index in [4.69, 9.17) is 11.0 Å². The minimum atomic E-state index is 0.496. The Hall–Kier alpha value is -1.43. The second-order valence-corrected chi connectivity index (χ2v) is 5.02. The highest BCUT2D eigenvalue weighted by molar-refractivity contribution is 5.58. The average Bonchev–Trinajstić information content (AvgIpc) is 2.73. The molecule has 1 heterocycles. The number of aromatic nitrogens is 1. The van der Waals surface area contributed by atoms with Gasteiger partial charge < -0.3 is 10.3 Å². The fourth-order valence-corrected chi connectivity index (χ4v) is 2.88. The standard InChI is InChI=1S/C13H19N3/c1-8-4-5-11(6-8)16-10(3)9(2)12(7-14)13(16)15/h8,11H,4-6,15H2,1-3H3. The molecule has 0 aromatic carbocycles. The van der Waals surface area contributed by atoms with Gasteiger partial charge in [-0.3, -0.25) is 0 Å². The maximum Gasteiger partial charge on any atom is 0.122 e. The van der Waals surface area contributed by atoms with Gasteiger partial charge in [-0.2, -0.15) is 5.26 Å². The lowest BCUT2D eigenvalue weighted by molar-refractivity contribution is 0.492. The molecule has 3 heteroatoms. The molecule has 86 valence electrons. The Kier molecular flexibility index (Phi) is 2.67. The van der Waals surface area contributed by atoms with E-state index in [2.05, 4.69) is 24.5 Å². The van der Waals surface area contributed by atoms with Crippen molar-refractivity contribution in [3.05, 3.63) is 16.8 Å². The third-order valence-corrected chi connectivity index (χ3v) is 3.94. The van der Waals surface area contributed by atoms with Crippen molar-refractivity contribution in [2.75, 3.05) is 5.73 Å². The zero-order valence-electron chi connectivity index (χ0n) is 10.2. The van der Waals surface area contributed by atoms with Crippen LogP contribution in [0, 0.1) is 31.1 Å². The van der Waals surface area contributed by atoms with E-state index >= 15 is 0 Å². The lowest BCUT2D eigenvalue weighted by atomic mass is 10.1. The first-order valence-corrected chi connectivity index (χ1v) is 5.93. The van der Waals surface area contributed by atoms with Crippen molar-refractivity contribution in [2.24, 2.45) is 5.92 Å². The third kappa shape index (κ3) is 1.49. The molecule has 2 atom stereocenters. The number of nitrogens with two attached hydrogens (primary N) is 1. The number of nitrogens with zero attached hydrogens (tertiary/aromatic N) is 2. The van der Waals surface area contributed by atoms with E-state index in [0.29, 0.717) is 17.4 Å². The Balaban J connectivity index is 2.46. The molecule has 2 N–H and O–H groups in total. The van der Waals surface area contributed by atoms with Crippen molar-refractivity contribution >= 4 is 5.82 Å². The van der Waals surface area contributed by atoms with E-state index in [1.54, 1.807) is 0 Å². The number of rotatable bonds is 1. The van der Waals surface area contributed by atoms with Gasteiger partial charge in [0.05, 0.1) is 5.56 Å². The molecule has 1 fully saturated rings. The predicted octanol–water partition coefficient (Wildman–Crippen LogP) is 2.92. The highest BCUT2D eigenvalue weighted by atomic mass is 15.1. The highest BCUT2D eigenvalue weighted by Gasteiger charge is 2.27. The SMILES string of the molecule is Cc1c(C#N)c(N)n(C2CCC(C)C2)c1C. The fourth-order valence-electron chi connectivity index (χ4n) is 2.88. The molecule has 0 bridgehead atoms. The number of hydrogen-bond donors (Lipinski definition) is 1.